The van der Waals surface area contributed by atoms with Gasteiger partial charge < -0.3 is 0 Å². The fourth-order valence-corrected chi connectivity index (χ4v) is 2.87. The van der Waals surface area contributed by atoms with Crippen LogP contribution in [0.25, 0.3) is 5.69 Å². The van der Waals surface area contributed by atoms with Crippen molar-refractivity contribution in [3.05, 3.63) is 82.1 Å². The lowest BCUT2D eigenvalue weighted by molar-refractivity contribution is 0.103. The summed E-state index contributed by atoms with van der Waals surface area (Å²) in [4.78, 5) is 12.7. The number of nitrogens with zero attached hydrogens (tertiary/aromatic N) is 2. The van der Waals surface area contributed by atoms with Crippen LogP contribution in [0.3, 0.4) is 0 Å². The number of carbonyl (C=O) groups excluding carboxylic acids is 1. The van der Waals surface area contributed by atoms with Gasteiger partial charge in [0.2, 0.25) is 5.78 Å². The number of para-hydroxylation sites is 1. The molecule has 21 heavy (non-hydrogen) atoms. The molecule has 0 aliphatic rings. The number of ketones is 1. The lowest BCUT2D eigenvalue weighted by atomic mass is 10.1. The van der Waals surface area contributed by atoms with Gasteiger partial charge in [-0.3, -0.25) is 4.79 Å². The monoisotopic (exact) mass is 340 g/mol. The lowest BCUT2D eigenvalue weighted by Gasteiger charge is -2.08. The van der Waals surface area contributed by atoms with E-state index in [1.807, 2.05) is 55.5 Å². The van der Waals surface area contributed by atoms with Crippen molar-refractivity contribution in [3.8, 4) is 5.69 Å². The van der Waals surface area contributed by atoms with Crippen LogP contribution in [0.2, 0.25) is 0 Å². The maximum atomic E-state index is 12.7. The van der Waals surface area contributed by atoms with E-state index in [0.717, 1.165) is 15.7 Å². The molecule has 0 aliphatic heterocycles. The molecule has 0 saturated carbocycles. The second-order valence-electron chi connectivity index (χ2n) is 4.78. The van der Waals surface area contributed by atoms with E-state index in [4.69, 9.17) is 0 Å². The van der Waals surface area contributed by atoms with Crippen molar-refractivity contribution in [2.45, 2.75) is 6.92 Å². The maximum Gasteiger partial charge on any atom is 0.212 e. The summed E-state index contributed by atoms with van der Waals surface area (Å²) in [6, 6.07) is 17.1. The SMILES string of the molecule is Cc1ccc(C(=O)c2ccnn2-c2ccccc2)c(Br)c1. The summed E-state index contributed by atoms with van der Waals surface area (Å²) in [5.74, 6) is -0.0526. The van der Waals surface area contributed by atoms with E-state index < -0.39 is 0 Å². The molecule has 0 amide bonds. The van der Waals surface area contributed by atoms with E-state index in [2.05, 4.69) is 21.0 Å². The van der Waals surface area contributed by atoms with E-state index in [0.29, 0.717) is 11.3 Å². The Kier molecular flexibility index (Phi) is 3.71. The summed E-state index contributed by atoms with van der Waals surface area (Å²) in [5.41, 5.74) is 3.16. The molecule has 4 heteroatoms. The van der Waals surface area contributed by atoms with Gasteiger partial charge in [-0.1, -0.05) is 40.2 Å². The Morgan fingerprint density at radius 3 is 2.57 bits per heavy atom. The molecule has 3 rings (SSSR count). The van der Waals surface area contributed by atoms with E-state index in [1.165, 1.54) is 0 Å². The molecule has 3 nitrogen and oxygen atoms in total. The first-order chi connectivity index (χ1) is 10.2. The summed E-state index contributed by atoms with van der Waals surface area (Å²) in [6.45, 7) is 1.99. The largest absolute Gasteiger partial charge is 0.287 e. The summed E-state index contributed by atoms with van der Waals surface area (Å²) in [7, 11) is 0. The van der Waals surface area contributed by atoms with Gasteiger partial charge in [-0.05, 0) is 42.8 Å². The van der Waals surface area contributed by atoms with Crippen molar-refractivity contribution >= 4 is 21.7 Å². The number of benzene rings is 2. The molecule has 1 heterocycles. The fourth-order valence-electron chi connectivity index (χ4n) is 2.19. The molecule has 0 saturated heterocycles. The van der Waals surface area contributed by atoms with Crippen LogP contribution in [0.4, 0.5) is 0 Å². The average molecular weight is 341 g/mol. The average Bonchev–Trinajstić information content (AvgIpc) is 2.97. The lowest BCUT2D eigenvalue weighted by Crippen LogP contribution is -2.10. The molecule has 0 atom stereocenters. The number of hydrogen-bond donors (Lipinski definition) is 0. The van der Waals surface area contributed by atoms with Gasteiger partial charge in [0.1, 0.15) is 5.69 Å². The Bertz CT molecular complexity index is 794. The first-order valence-electron chi connectivity index (χ1n) is 6.57. The Morgan fingerprint density at radius 2 is 1.86 bits per heavy atom. The molecule has 0 fully saturated rings. The molecule has 3 aromatic rings. The van der Waals surface area contributed by atoms with Crippen molar-refractivity contribution in [2.24, 2.45) is 0 Å². The number of aromatic nitrogens is 2. The van der Waals surface area contributed by atoms with Crippen LogP contribution in [-0.4, -0.2) is 15.6 Å². The Hall–Kier alpha value is -2.20. The van der Waals surface area contributed by atoms with Crippen LogP contribution in [0.1, 0.15) is 21.6 Å². The molecule has 0 radical (unpaired) electrons. The third kappa shape index (κ3) is 2.67. The summed E-state index contributed by atoms with van der Waals surface area (Å²) in [6.07, 6.45) is 1.64. The van der Waals surface area contributed by atoms with E-state index in [9.17, 15) is 4.79 Å². The third-order valence-corrected chi connectivity index (χ3v) is 3.90. The zero-order valence-corrected chi connectivity index (χ0v) is 13.0. The Labute approximate surface area is 131 Å². The molecule has 0 unspecified atom stereocenters. The summed E-state index contributed by atoms with van der Waals surface area (Å²) in [5, 5.41) is 4.26. The number of halogens is 1. The molecule has 0 aliphatic carbocycles. The van der Waals surface area contributed by atoms with Crippen molar-refractivity contribution in [1.29, 1.82) is 0 Å². The third-order valence-electron chi connectivity index (χ3n) is 3.25. The molecule has 2 aromatic carbocycles. The van der Waals surface area contributed by atoms with Gasteiger partial charge in [0.05, 0.1) is 11.9 Å². The minimum absolute atomic E-state index is 0.0526. The first-order valence-corrected chi connectivity index (χ1v) is 7.36. The Morgan fingerprint density at radius 1 is 1.10 bits per heavy atom. The smallest absolute Gasteiger partial charge is 0.212 e. The quantitative estimate of drug-likeness (QED) is 0.670. The van der Waals surface area contributed by atoms with Crippen LogP contribution >= 0.6 is 15.9 Å². The minimum Gasteiger partial charge on any atom is -0.287 e. The van der Waals surface area contributed by atoms with Crippen molar-refractivity contribution in [1.82, 2.24) is 9.78 Å². The second kappa shape index (κ2) is 5.66. The Balaban J connectivity index is 2.06. The van der Waals surface area contributed by atoms with Crippen LogP contribution in [0.5, 0.6) is 0 Å². The fraction of sp³-hybridized carbons (Fsp3) is 0.0588. The highest BCUT2D eigenvalue weighted by Crippen LogP contribution is 2.22. The molecule has 0 spiro atoms. The van der Waals surface area contributed by atoms with Crippen LogP contribution in [-0.2, 0) is 0 Å². The zero-order chi connectivity index (χ0) is 14.8. The highest BCUT2D eigenvalue weighted by Gasteiger charge is 2.17. The predicted octanol–water partition coefficient (Wildman–Crippen LogP) is 4.17. The van der Waals surface area contributed by atoms with Crippen LogP contribution < -0.4 is 0 Å². The zero-order valence-electron chi connectivity index (χ0n) is 11.5. The second-order valence-corrected chi connectivity index (χ2v) is 5.63. The van der Waals surface area contributed by atoms with Crippen LogP contribution in [0, 0.1) is 6.92 Å². The number of rotatable bonds is 3. The highest BCUT2D eigenvalue weighted by atomic mass is 79.9. The summed E-state index contributed by atoms with van der Waals surface area (Å²) >= 11 is 3.46. The highest BCUT2D eigenvalue weighted by molar-refractivity contribution is 9.10. The topological polar surface area (TPSA) is 34.9 Å². The van der Waals surface area contributed by atoms with Crippen molar-refractivity contribution < 1.29 is 4.79 Å². The van der Waals surface area contributed by atoms with Crippen molar-refractivity contribution in [3.63, 3.8) is 0 Å². The van der Waals surface area contributed by atoms with Gasteiger partial charge in [-0.2, -0.15) is 5.10 Å². The predicted molar refractivity (Wildman–Crippen MR) is 85.9 cm³/mol. The van der Waals surface area contributed by atoms with Gasteiger partial charge >= 0.3 is 0 Å². The molecule has 104 valence electrons. The van der Waals surface area contributed by atoms with Gasteiger partial charge in [0.25, 0.3) is 0 Å². The van der Waals surface area contributed by atoms with E-state index in [-0.39, 0.29) is 5.78 Å². The number of carbonyl (C=O) groups is 1. The van der Waals surface area contributed by atoms with Crippen molar-refractivity contribution in [2.75, 3.05) is 0 Å². The van der Waals surface area contributed by atoms with E-state index >= 15 is 0 Å². The van der Waals surface area contributed by atoms with Gasteiger partial charge in [-0.15, -0.1) is 0 Å². The van der Waals surface area contributed by atoms with Gasteiger partial charge in [0, 0.05) is 10.0 Å². The maximum absolute atomic E-state index is 12.7. The molecule has 0 bridgehead atoms. The first kappa shape index (κ1) is 13.8. The summed E-state index contributed by atoms with van der Waals surface area (Å²) < 4.78 is 2.46. The standard InChI is InChI=1S/C17H13BrN2O/c1-12-7-8-14(15(18)11-12)17(21)16-9-10-19-20(16)13-5-3-2-4-6-13/h2-11H,1H3. The van der Waals surface area contributed by atoms with E-state index in [1.54, 1.807) is 16.9 Å². The molecular formula is C17H13BrN2O. The molecule has 1 aromatic heterocycles. The minimum atomic E-state index is -0.0526. The molecule has 0 N–H and O–H groups in total. The van der Waals surface area contributed by atoms with Gasteiger partial charge in [-0.25, -0.2) is 4.68 Å². The molecular weight excluding hydrogens is 328 g/mol. The van der Waals surface area contributed by atoms with Gasteiger partial charge in [0.15, 0.2) is 0 Å². The normalized spacial score (nSPS) is 10.6. The number of aryl methyl sites for hydroxylation is 1. The number of hydrogen-bond acceptors (Lipinski definition) is 2. The van der Waals surface area contributed by atoms with Crippen LogP contribution in [0.15, 0.2) is 65.3 Å².